The molecule has 1 saturated heterocycles. The number of methoxy groups -OCH3 is 1. The van der Waals surface area contributed by atoms with E-state index in [0.717, 1.165) is 24.8 Å². The molecule has 1 aliphatic carbocycles. The maximum Gasteiger partial charge on any atom is 0.308 e. The number of hydrogen-bond acceptors (Lipinski definition) is 3. The van der Waals surface area contributed by atoms with E-state index >= 15 is 0 Å². The predicted molar refractivity (Wildman–Crippen MR) is 83.3 cm³/mol. The second kappa shape index (κ2) is 6.11. The zero-order valence-electron chi connectivity index (χ0n) is 13.1. The molecule has 2 fully saturated rings. The van der Waals surface area contributed by atoms with Crippen LogP contribution in [0.25, 0.3) is 0 Å². The summed E-state index contributed by atoms with van der Waals surface area (Å²) in [4.78, 5) is 26.6. The normalized spacial score (nSPS) is 21.0. The van der Waals surface area contributed by atoms with E-state index in [2.05, 4.69) is 12.1 Å². The zero-order valence-corrected chi connectivity index (χ0v) is 13.1. The minimum absolute atomic E-state index is 0.0527. The van der Waals surface area contributed by atoms with E-state index < -0.39 is 0 Å². The van der Waals surface area contributed by atoms with Crippen molar-refractivity contribution in [1.82, 2.24) is 4.90 Å². The summed E-state index contributed by atoms with van der Waals surface area (Å²) in [5.74, 6) is 0.0462. The second-order valence-corrected chi connectivity index (χ2v) is 6.39. The molecule has 1 aliphatic heterocycles. The summed E-state index contributed by atoms with van der Waals surface area (Å²) in [7, 11) is 1.43. The highest BCUT2D eigenvalue weighted by atomic mass is 16.5. The lowest BCUT2D eigenvalue weighted by Gasteiger charge is -2.45. The Labute approximate surface area is 131 Å². The highest BCUT2D eigenvalue weighted by Gasteiger charge is 2.48. The number of hydrogen-bond donors (Lipinski definition) is 0. The molecule has 0 unspecified atom stereocenters. The Morgan fingerprint density at radius 1 is 1.14 bits per heavy atom. The molecule has 4 nitrogen and oxygen atoms in total. The molecule has 22 heavy (non-hydrogen) atoms. The molecule has 1 heterocycles. The number of likely N-dealkylation sites (tertiary alicyclic amines) is 1. The van der Waals surface area contributed by atoms with Gasteiger partial charge in [0.05, 0.1) is 18.4 Å². The molecule has 0 radical (unpaired) electrons. The molecule has 1 amide bonds. The molecule has 1 aromatic carbocycles. The molecule has 118 valence electrons. The Morgan fingerprint density at radius 3 is 2.27 bits per heavy atom. The van der Waals surface area contributed by atoms with Crippen LogP contribution >= 0.6 is 0 Å². The van der Waals surface area contributed by atoms with Gasteiger partial charge in [-0.25, -0.2) is 0 Å². The molecule has 0 spiro atoms. The minimum Gasteiger partial charge on any atom is -0.469 e. The number of amides is 1. The van der Waals surface area contributed by atoms with Crippen LogP contribution < -0.4 is 0 Å². The van der Waals surface area contributed by atoms with Crippen molar-refractivity contribution in [2.24, 2.45) is 5.92 Å². The largest absolute Gasteiger partial charge is 0.469 e. The molecule has 0 N–H and O–H groups in total. The van der Waals surface area contributed by atoms with Gasteiger partial charge in [0.15, 0.2) is 0 Å². The van der Waals surface area contributed by atoms with Gasteiger partial charge in [-0.15, -0.1) is 0 Å². The first-order valence-electron chi connectivity index (χ1n) is 8.10. The molecule has 0 aromatic heterocycles. The fraction of sp³-hybridized carbons (Fsp3) is 0.556. The Bertz CT molecular complexity index is 543. The van der Waals surface area contributed by atoms with Gasteiger partial charge in [0.2, 0.25) is 5.91 Å². The lowest BCUT2D eigenvalue weighted by Crippen LogP contribution is -2.53. The average Bonchev–Trinajstić information content (AvgIpc) is 2.54. The molecule has 1 saturated carbocycles. The third-order valence-electron chi connectivity index (χ3n) is 5.26. The first kappa shape index (κ1) is 15.1. The second-order valence-electron chi connectivity index (χ2n) is 6.39. The topological polar surface area (TPSA) is 46.6 Å². The first-order chi connectivity index (χ1) is 10.7. The summed E-state index contributed by atoms with van der Waals surface area (Å²) in [6.45, 7) is 1.32. The van der Waals surface area contributed by atoms with E-state index in [0.29, 0.717) is 25.9 Å². The van der Waals surface area contributed by atoms with Crippen LogP contribution in [0, 0.1) is 5.92 Å². The number of rotatable bonds is 3. The van der Waals surface area contributed by atoms with Gasteiger partial charge in [-0.05, 0) is 31.2 Å². The molecule has 3 rings (SSSR count). The molecule has 0 atom stereocenters. The van der Waals surface area contributed by atoms with Crippen LogP contribution in [0.1, 0.15) is 37.7 Å². The van der Waals surface area contributed by atoms with Crippen LogP contribution in [0.3, 0.4) is 0 Å². The maximum atomic E-state index is 13.1. The summed E-state index contributed by atoms with van der Waals surface area (Å²) < 4.78 is 4.81. The van der Waals surface area contributed by atoms with Crippen LogP contribution in [0.5, 0.6) is 0 Å². The van der Waals surface area contributed by atoms with E-state index in [4.69, 9.17) is 4.74 Å². The number of benzene rings is 1. The van der Waals surface area contributed by atoms with Gasteiger partial charge in [0.1, 0.15) is 0 Å². The Balaban J connectivity index is 1.70. The van der Waals surface area contributed by atoms with Crippen LogP contribution in [-0.4, -0.2) is 37.0 Å². The third kappa shape index (κ3) is 2.51. The number of piperidine rings is 1. The molecule has 2 aliphatic rings. The average molecular weight is 301 g/mol. The van der Waals surface area contributed by atoms with Gasteiger partial charge in [-0.1, -0.05) is 36.8 Å². The van der Waals surface area contributed by atoms with Gasteiger partial charge in [-0.3, -0.25) is 9.59 Å². The highest BCUT2D eigenvalue weighted by Crippen LogP contribution is 2.45. The van der Waals surface area contributed by atoms with Crippen LogP contribution in [-0.2, 0) is 19.7 Å². The quantitative estimate of drug-likeness (QED) is 0.806. The number of nitrogens with zero attached hydrogens (tertiary/aromatic N) is 1. The minimum atomic E-state index is -0.320. The highest BCUT2D eigenvalue weighted by molar-refractivity contribution is 5.89. The predicted octanol–water partition coefficient (Wildman–Crippen LogP) is 2.52. The Hall–Kier alpha value is -1.84. The maximum absolute atomic E-state index is 13.1. The Morgan fingerprint density at radius 2 is 1.77 bits per heavy atom. The third-order valence-corrected chi connectivity index (χ3v) is 5.26. The van der Waals surface area contributed by atoms with E-state index in [1.54, 1.807) is 0 Å². The van der Waals surface area contributed by atoms with Crippen LogP contribution in [0.15, 0.2) is 30.3 Å². The van der Waals surface area contributed by atoms with Gasteiger partial charge in [0, 0.05) is 13.1 Å². The number of ether oxygens (including phenoxy) is 1. The van der Waals surface area contributed by atoms with Crippen molar-refractivity contribution in [2.45, 2.75) is 37.5 Å². The fourth-order valence-corrected chi connectivity index (χ4v) is 3.70. The lowest BCUT2D eigenvalue weighted by atomic mass is 9.63. The van der Waals surface area contributed by atoms with Crippen molar-refractivity contribution in [2.75, 3.05) is 20.2 Å². The monoisotopic (exact) mass is 301 g/mol. The van der Waals surface area contributed by atoms with Crippen molar-refractivity contribution in [1.29, 1.82) is 0 Å². The van der Waals surface area contributed by atoms with Crippen molar-refractivity contribution in [3.63, 3.8) is 0 Å². The van der Waals surface area contributed by atoms with Gasteiger partial charge in [0.25, 0.3) is 0 Å². The van der Waals surface area contributed by atoms with Crippen molar-refractivity contribution in [3.05, 3.63) is 35.9 Å². The van der Waals surface area contributed by atoms with Gasteiger partial charge in [-0.2, -0.15) is 0 Å². The van der Waals surface area contributed by atoms with Crippen molar-refractivity contribution >= 4 is 11.9 Å². The van der Waals surface area contributed by atoms with E-state index in [-0.39, 0.29) is 23.2 Å². The number of carbonyl (C=O) groups excluding carboxylic acids is 2. The summed E-state index contributed by atoms with van der Waals surface area (Å²) in [6.07, 6.45) is 4.41. The van der Waals surface area contributed by atoms with Crippen molar-refractivity contribution in [3.8, 4) is 0 Å². The van der Waals surface area contributed by atoms with Crippen LogP contribution in [0.4, 0.5) is 0 Å². The van der Waals surface area contributed by atoms with Crippen molar-refractivity contribution < 1.29 is 14.3 Å². The standard InChI is InChI=1S/C18H23NO3/c1-22-16(20)14-8-12-19(13-9-14)17(21)18(10-5-11-18)15-6-3-2-4-7-15/h2-4,6-7,14H,5,8-13H2,1H3. The summed E-state index contributed by atoms with van der Waals surface area (Å²) in [5, 5.41) is 0. The molecule has 1 aromatic rings. The Kier molecular flexibility index (Phi) is 4.19. The fourth-order valence-electron chi connectivity index (χ4n) is 3.70. The number of esters is 1. The SMILES string of the molecule is COC(=O)C1CCN(C(=O)C2(c3ccccc3)CCC2)CC1. The molecule has 4 heteroatoms. The summed E-state index contributed by atoms with van der Waals surface area (Å²) in [6, 6.07) is 10.1. The first-order valence-corrected chi connectivity index (χ1v) is 8.10. The van der Waals surface area contributed by atoms with Crippen LogP contribution in [0.2, 0.25) is 0 Å². The lowest BCUT2D eigenvalue weighted by molar-refractivity contribution is -0.151. The van der Waals surface area contributed by atoms with Gasteiger partial charge < -0.3 is 9.64 Å². The molecule has 0 bridgehead atoms. The van der Waals surface area contributed by atoms with E-state index in [9.17, 15) is 9.59 Å². The number of carbonyl (C=O) groups is 2. The smallest absolute Gasteiger partial charge is 0.308 e. The van der Waals surface area contributed by atoms with E-state index in [1.165, 1.54) is 7.11 Å². The van der Waals surface area contributed by atoms with E-state index in [1.807, 2.05) is 23.1 Å². The molecular formula is C18H23NO3. The molecular weight excluding hydrogens is 278 g/mol. The summed E-state index contributed by atoms with van der Waals surface area (Å²) in [5.41, 5.74) is 0.820. The van der Waals surface area contributed by atoms with Gasteiger partial charge >= 0.3 is 5.97 Å². The summed E-state index contributed by atoms with van der Waals surface area (Å²) >= 11 is 0. The zero-order chi connectivity index (χ0) is 15.6.